The third-order valence-electron chi connectivity index (χ3n) is 4.72. The Hall–Kier alpha value is -1.09. The number of carbonyl (C=O) groups is 1. The molecule has 0 spiro atoms. The molecule has 9 heteroatoms. The van der Waals surface area contributed by atoms with Crippen LogP contribution in [0.5, 0.6) is 0 Å². The molecule has 0 radical (unpaired) electrons. The Labute approximate surface area is 140 Å². The number of sulfonamides is 1. The van der Waals surface area contributed by atoms with Gasteiger partial charge in [-0.3, -0.25) is 4.79 Å². The van der Waals surface area contributed by atoms with Crippen LogP contribution in [0.25, 0.3) is 0 Å². The summed E-state index contributed by atoms with van der Waals surface area (Å²) in [5.41, 5.74) is 0. The molecular formula is C15H23F3N2O3S. The molecule has 0 saturated carbocycles. The van der Waals surface area contributed by atoms with Gasteiger partial charge >= 0.3 is 6.18 Å². The van der Waals surface area contributed by atoms with Gasteiger partial charge in [0.05, 0.1) is 5.92 Å². The molecule has 0 N–H and O–H groups in total. The molecule has 1 aliphatic heterocycles. The fourth-order valence-corrected chi connectivity index (χ4v) is 4.84. The number of nitrogens with zero attached hydrogens (tertiary/aromatic N) is 2. The Morgan fingerprint density at radius 3 is 2.46 bits per heavy atom. The van der Waals surface area contributed by atoms with Crippen molar-refractivity contribution in [3.05, 3.63) is 12.2 Å². The minimum atomic E-state index is -4.66. The molecule has 1 heterocycles. The van der Waals surface area contributed by atoms with Crippen LogP contribution < -0.4 is 0 Å². The molecule has 1 unspecified atom stereocenters. The number of allylic oxidation sites excluding steroid dienone is 2. The molecule has 0 bridgehead atoms. The van der Waals surface area contributed by atoms with Crippen LogP contribution in [0.1, 0.15) is 25.7 Å². The van der Waals surface area contributed by atoms with Crippen molar-refractivity contribution in [3.8, 4) is 0 Å². The highest BCUT2D eigenvalue weighted by Crippen LogP contribution is 2.38. The van der Waals surface area contributed by atoms with Crippen LogP contribution in [0, 0.1) is 11.8 Å². The lowest BCUT2D eigenvalue weighted by Crippen LogP contribution is -2.43. The zero-order valence-electron chi connectivity index (χ0n) is 13.8. The van der Waals surface area contributed by atoms with Gasteiger partial charge in [-0.25, -0.2) is 12.7 Å². The molecule has 24 heavy (non-hydrogen) atoms. The molecule has 1 aliphatic carbocycles. The average Bonchev–Trinajstić information content (AvgIpc) is 2.94. The van der Waals surface area contributed by atoms with Crippen molar-refractivity contribution in [2.75, 3.05) is 27.2 Å². The lowest BCUT2D eigenvalue weighted by Gasteiger charge is -2.23. The first kappa shape index (κ1) is 19.2. The van der Waals surface area contributed by atoms with Crippen molar-refractivity contribution < 1.29 is 26.4 Å². The summed E-state index contributed by atoms with van der Waals surface area (Å²) < 4.78 is 65.1. The number of likely N-dealkylation sites (tertiary alicyclic amines) is 1. The molecule has 2 aliphatic rings. The van der Waals surface area contributed by atoms with Crippen molar-refractivity contribution in [1.29, 1.82) is 0 Å². The predicted octanol–water partition coefficient (Wildman–Crippen LogP) is 2.01. The molecule has 5 nitrogen and oxygen atoms in total. The quantitative estimate of drug-likeness (QED) is 0.714. The van der Waals surface area contributed by atoms with Gasteiger partial charge in [0.25, 0.3) is 0 Å². The Morgan fingerprint density at radius 1 is 1.29 bits per heavy atom. The van der Waals surface area contributed by atoms with Crippen molar-refractivity contribution in [2.45, 2.75) is 37.1 Å². The van der Waals surface area contributed by atoms with E-state index in [9.17, 15) is 26.4 Å². The minimum Gasteiger partial charge on any atom is -0.341 e. The lowest BCUT2D eigenvalue weighted by atomic mass is 9.92. The summed E-state index contributed by atoms with van der Waals surface area (Å²) >= 11 is 0. The summed E-state index contributed by atoms with van der Waals surface area (Å²) in [4.78, 5) is 13.4. The molecule has 0 aromatic heterocycles. The van der Waals surface area contributed by atoms with E-state index in [2.05, 4.69) is 0 Å². The van der Waals surface area contributed by atoms with E-state index in [4.69, 9.17) is 0 Å². The predicted molar refractivity (Wildman–Crippen MR) is 83.6 cm³/mol. The van der Waals surface area contributed by atoms with E-state index in [1.807, 2.05) is 12.2 Å². The number of hydrogen-bond donors (Lipinski definition) is 0. The molecule has 0 aromatic carbocycles. The summed E-state index contributed by atoms with van der Waals surface area (Å²) in [6, 6.07) is 0. The fraction of sp³-hybridized carbons (Fsp3) is 0.800. The third kappa shape index (κ3) is 4.11. The monoisotopic (exact) mass is 368 g/mol. The molecular weight excluding hydrogens is 345 g/mol. The number of amides is 1. The topological polar surface area (TPSA) is 57.7 Å². The smallest absolute Gasteiger partial charge is 0.341 e. The number of hydrogen-bond acceptors (Lipinski definition) is 3. The van der Waals surface area contributed by atoms with Gasteiger partial charge in [0, 0.05) is 33.6 Å². The Balaban J connectivity index is 2.15. The average molecular weight is 368 g/mol. The zero-order chi connectivity index (χ0) is 18.1. The number of rotatable bonds is 4. The van der Waals surface area contributed by atoms with E-state index in [0.717, 1.165) is 28.5 Å². The van der Waals surface area contributed by atoms with Crippen molar-refractivity contribution in [1.82, 2.24) is 9.21 Å². The highest BCUT2D eigenvalue weighted by molar-refractivity contribution is 7.89. The first-order chi connectivity index (χ1) is 11.0. The SMILES string of the molecule is CN(C)S(=O)(=O)[C@@H]1CN(C(=O)CC2C=CCCC2)C[C@H]1C(F)(F)F. The maximum Gasteiger partial charge on any atom is 0.394 e. The second-order valence-corrected chi connectivity index (χ2v) is 9.00. The van der Waals surface area contributed by atoms with Gasteiger partial charge in [-0.1, -0.05) is 12.2 Å². The van der Waals surface area contributed by atoms with E-state index in [0.29, 0.717) is 0 Å². The Morgan fingerprint density at radius 2 is 1.96 bits per heavy atom. The van der Waals surface area contributed by atoms with Gasteiger partial charge < -0.3 is 4.90 Å². The van der Waals surface area contributed by atoms with Gasteiger partial charge in [0.15, 0.2) is 0 Å². The van der Waals surface area contributed by atoms with Crippen LogP contribution >= 0.6 is 0 Å². The number of carbonyl (C=O) groups excluding carboxylic acids is 1. The van der Waals surface area contributed by atoms with E-state index in [1.165, 1.54) is 14.1 Å². The van der Waals surface area contributed by atoms with Crippen LogP contribution in [-0.2, 0) is 14.8 Å². The minimum absolute atomic E-state index is 0.0279. The van der Waals surface area contributed by atoms with Crippen molar-refractivity contribution >= 4 is 15.9 Å². The van der Waals surface area contributed by atoms with E-state index < -0.39 is 46.4 Å². The Kier molecular flexibility index (Phi) is 5.64. The van der Waals surface area contributed by atoms with Gasteiger partial charge in [-0.15, -0.1) is 0 Å². The highest BCUT2D eigenvalue weighted by Gasteiger charge is 2.55. The highest BCUT2D eigenvalue weighted by atomic mass is 32.2. The van der Waals surface area contributed by atoms with Gasteiger partial charge in [0.2, 0.25) is 15.9 Å². The van der Waals surface area contributed by atoms with E-state index in [-0.39, 0.29) is 12.3 Å². The van der Waals surface area contributed by atoms with Gasteiger partial charge in [-0.2, -0.15) is 13.2 Å². The van der Waals surface area contributed by atoms with Crippen LogP contribution in [0.15, 0.2) is 12.2 Å². The molecule has 138 valence electrons. The zero-order valence-corrected chi connectivity index (χ0v) is 14.6. The maximum absolute atomic E-state index is 13.3. The first-order valence-corrected chi connectivity index (χ1v) is 9.46. The summed E-state index contributed by atoms with van der Waals surface area (Å²) in [6.07, 6.45) is 2.11. The lowest BCUT2D eigenvalue weighted by molar-refractivity contribution is -0.170. The maximum atomic E-state index is 13.3. The molecule has 1 fully saturated rings. The molecule has 3 atom stereocenters. The van der Waals surface area contributed by atoms with Crippen LogP contribution in [-0.4, -0.2) is 62.1 Å². The molecule has 0 aromatic rings. The second kappa shape index (κ2) is 7.03. The van der Waals surface area contributed by atoms with E-state index >= 15 is 0 Å². The molecule has 1 amide bonds. The Bertz CT molecular complexity index is 602. The normalized spacial score (nSPS) is 28.6. The largest absolute Gasteiger partial charge is 0.394 e. The molecule has 1 saturated heterocycles. The summed E-state index contributed by atoms with van der Waals surface area (Å²) in [5.74, 6) is -2.42. The van der Waals surface area contributed by atoms with Gasteiger partial charge in [0.1, 0.15) is 5.25 Å². The van der Waals surface area contributed by atoms with Gasteiger partial charge in [-0.05, 0) is 25.2 Å². The standard InChI is InChI=1S/C15H23F3N2O3S/c1-19(2)24(22,23)13-10-20(9-12(13)15(16,17)18)14(21)8-11-6-4-3-5-7-11/h4,6,11-13H,3,5,7-10H2,1-2H3/t11?,12-,13-/m1/s1. The number of alkyl halides is 3. The summed E-state index contributed by atoms with van der Waals surface area (Å²) in [6.45, 7) is -0.990. The molecule has 2 rings (SSSR count). The van der Waals surface area contributed by atoms with Crippen LogP contribution in [0.2, 0.25) is 0 Å². The number of halogens is 3. The van der Waals surface area contributed by atoms with Crippen molar-refractivity contribution in [3.63, 3.8) is 0 Å². The van der Waals surface area contributed by atoms with Crippen LogP contribution in [0.3, 0.4) is 0 Å². The first-order valence-electron chi connectivity index (χ1n) is 7.96. The van der Waals surface area contributed by atoms with Crippen LogP contribution in [0.4, 0.5) is 13.2 Å². The second-order valence-electron chi connectivity index (χ2n) is 6.64. The summed E-state index contributed by atoms with van der Waals surface area (Å²) in [5, 5.41) is -1.64. The van der Waals surface area contributed by atoms with E-state index in [1.54, 1.807) is 0 Å². The van der Waals surface area contributed by atoms with Crippen molar-refractivity contribution in [2.24, 2.45) is 11.8 Å². The third-order valence-corrected chi connectivity index (χ3v) is 6.98. The summed E-state index contributed by atoms with van der Waals surface area (Å²) in [7, 11) is -1.69. The fourth-order valence-electron chi connectivity index (χ4n) is 3.27.